The Bertz CT molecular complexity index is 974. The molecule has 33 heavy (non-hydrogen) atoms. The first kappa shape index (κ1) is 27.1. The molecule has 2 N–H and O–H groups in total. The summed E-state index contributed by atoms with van der Waals surface area (Å²) >= 11 is 0. The molecule has 2 rings (SSSR count). The Hall–Kier alpha value is -2.18. The molecule has 1 saturated heterocycles. The second kappa shape index (κ2) is 10.4. The fraction of sp³-hybridized carbons (Fsp3) is 0.619. The molecule has 1 fully saturated rings. The Balaban J connectivity index is 2.06. The third-order valence-electron chi connectivity index (χ3n) is 4.91. The number of alkyl halides is 3. The van der Waals surface area contributed by atoms with Gasteiger partial charge in [0, 0.05) is 19.5 Å². The number of nitrogens with two attached hydrogens (primary N) is 1. The van der Waals surface area contributed by atoms with Crippen molar-refractivity contribution in [3.63, 3.8) is 0 Å². The minimum absolute atomic E-state index is 0.0527. The standard InChI is InChI=1S/C21H31F3N4O4S/c1-15(26-18-14-27(11-12-28(18)25)33(30,31)21(22,23)24)17-9-5-7-16(13-17)8-6-10-19(29)32-20(2,3)4/h5,7,9,13,15H,6,8,10-12,14,25H2,1-4H3. The molecule has 0 aromatic heterocycles. The summed E-state index contributed by atoms with van der Waals surface area (Å²) in [7, 11) is -5.46. The van der Waals surface area contributed by atoms with Gasteiger partial charge >= 0.3 is 21.5 Å². The average molecular weight is 493 g/mol. The number of carbonyl (C=O) groups excluding carboxylic acids is 1. The van der Waals surface area contributed by atoms with E-state index in [0.29, 0.717) is 17.1 Å². The SMILES string of the molecule is CC(N=C1CN(S(=O)(=O)C(F)(F)F)CCN1N)c1cccc(CCCC(=O)OC(C)(C)C)c1. The first-order chi connectivity index (χ1) is 15.1. The summed E-state index contributed by atoms with van der Waals surface area (Å²) in [6.45, 7) is 6.14. The normalized spacial score (nSPS) is 18.4. The predicted octanol–water partition coefficient (Wildman–Crippen LogP) is 3.15. The molecular formula is C21H31F3N4O4S. The quantitative estimate of drug-likeness (QED) is 0.463. The summed E-state index contributed by atoms with van der Waals surface area (Å²) in [4.78, 5) is 16.3. The van der Waals surface area contributed by atoms with E-state index < -0.39 is 33.7 Å². The molecule has 0 saturated carbocycles. The number of benzene rings is 1. The van der Waals surface area contributed by atoms with Gasteiger partial charge in [-0.3, -0.25) is 14.8 Å². The van der Waals surface area contributed by atoms with E-state index in [2.05, 4.69) is 4.99 Å². The molecule has 1 aromatic carbocycles. The molecule has 186 valence electrons. The highest BCUT2D eigenvalue weighted by molar-refractivity contribution is 7.90. The number of rotatable bonds is 7. The van der Waals surface area contributed by atoms with Crippen LogP contribution in [0.15, 0.2) is 29.3 Å². The maximum absolute atomic E-state index is 12.9. The summed E-state index contributed by atoms with van der Waals surface area (Å²) < 4.78 is 67.8. The van der Waals surface area contributed by atoms with E-state index in [1.165, 1.54) is 5.01 Å². The van der Waals surface area contributed by atoms with Crippen molar-refractivity contribution >= 4 is 21.8 Å². The summed E-state index contributed by atoms with van der Waals surface area (Å²) in [5.74, 6) is 5.63. The number of aliphatic imine (C=N–C) groups is 1. The minimum atomic E-state index is -5.46. The van der Waals surface area contributed by atoms with E-state index in [4.69, 9.17) is 10.6 Å². The van der Waals surface area contributed by atoms with Crippen molar-refractivity contribution in [1.29, 1.82) is 0 Å². The van der Waals surface area contributed by atoms with Gasteiger partial charge in [-0.1, -0.05) is 24.3 Å². The van der Waals surface area contributed by atoms with E-state index >= 15 is 0 Å². The van der Waals surface area contributed by atoms with Gasteiger partial charge in [-0.15, -0.1) is 0 Å². The van der Waals surface area contributed by atoms with Crippen molar-refractivity contribution in [3.05, 3.63) is 35.4 Å². The fourth-order valence-corrected chi connectivity index (χ4v) is 4.18. The number of esters is 1. The molecule has 1 aromatic rings. The Morgan fingerprint density at radius 2 is 1.91 bits per heavy atom. The number of nitrogens with zero attached hydrogens (tertiary/aromatic N) is 3. The van der Waals surface area contributed by atoms with Crippen LogP contribution in [-0.4, -0.2) is 60.3 Å². The molecule has 1 aliphatic rings. The summed E-state index contributed by atoms with van der Waals surface area (Å²) in [5, 5.41) is 1.17. The van der Waals surface area contributed by atoms with Crippen molar-refractivity contribution < 1.29 is 31.1 Å². The third-order valence-corrected chi connectivity index (χ3v) is 6.49. The van der Waals surface area contributed by atoms with Gasteiger partial charge in [-0.05, 0) is 51.7 Å². The topological polar surface area (TPSA) is 105 Å². The molecule has 0 bridgehead atoms. The van der Waals surface area contributed by atoms with Crippen LogP contribution < -0.4 is 5.84 Å². The van der Waals surface area contributed by atoms with Crippen LogP contribution in [0, 0.1) is 0 Å². The van der Waals surface area contributed by atoms with Gasteiger partial charge in [-0.25, -0.2) is 14.3 Å². The third kappa shape index (κ3) is 7.68. The minimum Gasteiger partial charge on any atom is -0.460 e. The largest absolute Gasteiger partial charge is 0.511 e. The van der Waals surface area contributed by atoms with E-state index in [1.807, 2.05) is 45.0 Å². The molecule has 1 aliphatic heterocycles. The van der Waals surface area contributed by atoms with Gasteiger partial charge in [0.25, 0.3) is 0 Å². The maximum Gasteiger partial charge on any atom is 0.511 e. The zero-order chi connectivity index (χ0) is 25.0. The van der Waals surface area contributed by atoms with Crippen LogP contribution in [0.4, 0.5) is 13.2 Å². The lowest BCUT2D eigenvalue weighted by Crippen LogP contribution is -2.57. The van der Waals surface area contributed by atoms with Crippen LogP contribution >= 0.6 is 0 Å². The first-order valence-electron chi connectivity index (χ1n) is 10.6. The predicted molar refractivity (Wildman–Crippen MR) is 119 cm³/mol. The Morgan fingerprint density at radius 3 is 2.52 bits per heavy atom. The zero-order valence-corrected chi connectivity index (χ0v) is 20.0. The van der Waals surface area contributed by atoms with Gasteiger partial charge in [0.15, 0.2) is 0 Å². The lowest BCUT2D eigenvalue weighted by Gasteiger charge is -2.34. The van der Waals surface area contributed by atoms with Crippen molar-refractivity contribution in [2.75, 3.05) is 19.6 Å². The smallest absolute Gasteiger partial charge is 0.460 e. The van der Waals surface area contributed by atoms with Gasteiger partial charge in [-0.2, -0.15) is 17.5 Å². The van der Waals surface area contributed by atoms with Gasteiger partial charge in [0.2, 0.25) is 0 Å². The van der Waals surface area contributed by atoms with E-state index in [9.17, 15) is 26.4 Å². The van der Waals surface area contributed by atoms with Crippen molar-refractivity contribution in [2.24, 2.45) is 10.8 Å². The summed E-state index contributed by atoms with van der Waals surface area (Å²) in [6.07, 6.45) is 1.52. The van der Waals surface area contributed by atoms with Crippen LogP contribution in [0.2, 0.25) is 0 Å². The Morgan fingerprint density at radius 1 is 1.24 bits per heavy atom. The molecule has 1 unspecified atom stereocenters. The highest BCUT2D eigenvalue weighted by Crippen LogP contribution is 2.28. The van der Waals surface area contributed by atoms with Crippen LogP contribution in [0.1, 0.15) is 57.7 Å². The molecule has 0 aliphatic carbocycles. The molecule has 0 radical (unpaired) electrons. The zero-order valence-electron chi connectivity index (χ0n) is 19.2. The second-order valence-corrected chi connectivity index (χ2v) is 10.8. The Labute approximate surface area is 192 Å². The van der Waals surface area contributed by atoms with Crippen LogP contribution in [0.5, 0.6) is 0 Å². The van der Waals surface area contributed by atoms with Gasteiger partial charge < -0.3 is 4.74 Å². The number of amidine groups is 1. The van der Waals surface area contributed by atoms with Crippen molar-refractivity contribution in [2.45, 2.75) is 64.1 Å². The molecule has 1 heterocycles. The second-order valence-electron chi connectivity index (χ2n) is 8.88. The van der Waals surface area contributed by atoms with E-state index in [-0.39, 0.29) is 31.3 Å². The van der Waals surface area contributed by atoms with Crippen LogP contribution in [0.3, 0.4) is 0 Å². The number of hydrogen-bond donors (Lipinski definition) is 1. The van der Waals surface area contributed by atoms with Gasteiger partial charge in [0.1, 0.15) is 11.4 Å². The number of piperazine rings is 1. The summed E-state index contributed by atoms with van der Waals surface area (Å²) in [5.41, 5.74) is -4.15. The fourth-order valence-electron chi connectivity index (χ4n) is 3.28. The molecule has 0 amide bonds. The van der Waals surface area contributed by atoms with Crippen LogP contribution in [0.25, 0.3) is 0 Å². The number of sulfonamides is 1. The summed E-state index contributed by atoms with van der Waals surface area (Å²) in [6, 6.07) is 6.99. The number of aryl methyl sites for hydroxylation is 1. The lowest BCUT2D eigenvalue weighted by atomic mass is 10.0. The first-order valence-corrected chi connectivity index (χ1v) is 12.0. The van der Waals surface area contributed by atoms with Gasteiger partial charge in [0.05, 0.1) is 12.6 Å². The van der Waals surface area contributed by atoms with E-state index in [0.717, 1.165) is 11.1 Å². The molecular weight excluding hydrogens is 461 g/mol. The van der Waals surface area contributed by atoms with Crippen LogP contribution in [-0.2, 0) is 26.0 Å². The number of halogens is 3. The molecule has 1 atom stereocenters. The molecule has 8 nitrogen and oxygen atoms in total. The number of hydrogen-bond acceptors (Lipinski definition) is 6. The molecule has 12 heteroatoms. The van der Waals surface area contributed by atoms with Crippen molar-refractivity contribution in [3.8, 4) is 0 Å². The average Bonchev–Trinajstić information content (AvgIpc) is 2.67. The highest BCUT2D eigenvalue weighted by Gasteiger charge is 2.51. The maximum atomic E-state index is 12.9. The Kier molecular flexibility index (Phi) is 8.52. The number of ether oxygens (including phenoxy) is 1. The van der Waals surface area contributed by atoms with E-state index in [1.54, 1.807) is 6.92 Å². The highest BCUT2D eigenvalue weighted by atomic mass is 32.2. The number of carbonyl (C=O) groups is 1. The molecule has 0 spiro atoms. The lowest BCUT2D eigenvalue weighted by molar-refractivity contribution is -0.154. The number of hydrazine groups is 1. The van der Waals surface area contributed by atoms with Crippen molar-refractivity contribution in [1.82, 2.24) is 9.31 Å². The monoisotopic (exact) mass is 492 g/mol.